The highest BCUT2D eigenvalue weighted by atomic mass is 15.0. The molecule has 292 valence electrons. The smallest absolute Gasteiger partial charge is 0.164 e. The highest BCUT2D eigenvalue weighted by Crippen LogP contribution is 2.64. The van der Waals surface area contributed by atoms with Crippen LogP contribution in [0.4, 0.5) is 0 Å². The Kier molecular flexibility index (Phi) is 7.82. The lowest BCUT2D eigenvalue weighted by Gasteiger charge is -2.30. The van der Waals surface area contributed by atoms with Crippen LogP contribution >= 0.6 is 0 Å². The first-order valence-electron chi connectivity index (χ1n) is 21.6. The number of hydrogen-bond acceptors (Lipinski definition) is 3. The summed E-state index contributed by atoms with van der Waals surface area (Å²) in [5.41, 5.74) is 17.7. The SMILES string of the molecule is c1cc(-c2cccc(-c3cccc4c3-c3ccccc3C43c4ccccc4-c4ccccc43)c2)cc(-c2nc(-c3cccc4ccccc34)nc(-c3cccc4ccccc34)n2)c1. The summed E-state index contributed by atoms with van der Waals surface area (Å²) in [6.07, 6.45) is 0. The van der Waals surface area contributed by atoms with E-state index in [1.54, 1.807) is 0 Å². The molecule has 1 heterocycles. The molecule has 0 N–H and O–H groups in total. The van der Waals surface area contributed by atoms with Gasteiger partial charge < -0.3 is 0 Å². The maximum atomic E-state index is 5.23. The van der Waals surface area contributed by atoms with Crippen LogP contribution in [0.25, 0.3) is 100 Å². The van der Waals surface area contributed by atoms with Crippen molar-refractivity contribution in [1.82, 2.24) is 15.0 Å². The van der Waals surface area contributed by atoms with Gasteiger partial charge in [-0.25, -0.2) is 15.0 Å². The van der Waals surface area contributed by atoms with Crippen LogP contribution in [0.15, 0.2) is 224 Å². The Morgan fingerprint density at radius 1 is 0.254 bits per heavy atom. The molecule has 63 heavy (non-hydrogen) atoms. The van der Waals surface area contributed by atoms with E-state index in [1.165, 1.54) is 55.6 Å². The third-order valence-corrected chi connectivity index (χ3v) is 13.3. The molecule has 0 radical (unpaired) electrons. The fourth-order valence-corrected chi connectivity index (χ4v) is 10.7. The van der Waals surface area contributed by atoms with E-state index in [0.717, 1.165) is 49.4 Å². The molecular weight excluding hydrogens is 763 g/mol. The lowest BCUT2D eigenvalue weighted by atomic mass is 9.70. The second-order valence-electron chi connectivity index (χ2n) is 16.6. The number of aromatic nitrogens is 3. The maximum Gasteiger partial charge on any atom is 0.164 e. The molecule has 0 amide bonds. The van der Waals surface area contributed by atoms with E-state index in [9.17, 15) is 0 Å². The minimum atomic E-state index is -0.388. The largest absolute Gasteiger partial charge is 0.208 e. The summed E-state index contributed by atoms with van der Waals surface area (Å²) in [4.78, 5) is 15.7. The number of hydrogen-bond donors (Lipinski definition) is 0. The molecule has 3 nitrogen and oxygen atoms in total. The van der Waals surface area contributed by atoms with Crippen molar-refractivity contribution in [1.29, 1.82) is 0 Å². The molecule has 3 heteroatoms. The molecule has 0 bridgehead atoms. The highest BCUT2D eigenvalue weighted by Gasteiger charge is 2.51. The average Bonchev–Trinajstić information content (AvgIpc) is 3.84. The topological polar surface area (TPSA) is 38.7 Å². The van der Waals surface area contributed by atoms with Gasteiger partial charge in [0.15, 0.2) is 17.5 Å². The zero-order chi connectivity index (χ0) is 41.5. The first-order chi connectivity index (χ1) is 31.2. The molecule has 1 aromatic heterocycles. The predicted octanol–water partition coefficient (Wildman–Crippen LogP) is 14.9. The quantitative estimate of drug-likeness (QED) is 0.174. The summed E-state index contributed by atoms with van der Waals surface area (Å²) >= 11 is 0. The Morgan fingerprint density at radius 2 is 0.635 bits per heavy atom. The molecule has 2 aliphatic rings. The molecule has 0 aliphatic heterocycles. The Labute approximate surface area is 365 Å². The summed E-state index contributed by atoms with van der Waals surface area (Å²) in [7, 11) is 0. The maximum absolute atomic E-state index is 5.23. The molecule has 10 aromatic carbocycles. The molecule has 0 saturated heterocycles. The molecule has 1 spiro atoms. The van der Waals surface area contributed by atoms with Crippen molar-refractivity contribution in [2.24, 2.45) is 0 Å². The molecule has 0 atom stereocenters. The first-order valence-corrected chi connectivity index (χ1v) is 21.6. The van der Waals surface area contributed by atoms with Crippen molar-refractivity contribution < 1.29 is 0 Å². The fourth-order valence-electron chi connectivity index (χ4n) is 10.7. The summed E-state index contributed by atoms with van der Waals surface area (Å²) < 4.78 is 0. The van der Waals surface area contributed by atoms with E-state index in [0.29, 0.717) is 17.5 Å². The number of nitrogens with zero attached hydrogens (tertiary/aromatic N) is 3. The Bertz CT molecular complexity index is 3500. The minimum absolute atomic E-state index is 0.388. The molecule has 11 aromatic rings. The Hall–Kier alpha value is -8.27. The van der Waals surface area contributed by atoms with Gasteiger partial charge in [0.1, 0.15) is 0 Å². The number of rotatable bonds is 5. The van der Waals surface area contributed by atoms with Gasteiger partial charge in [-0.3, -0.25) is 0 Å². The molecule has 0 fully saturated rings. The van der Waals surface area contributed by atoms with Gasteiger partial charge in [0, 0.05) is 16.7 Å². The third-order valence-electron chi connectivity index (χ3n) is 13.3. The van der Waals surface area contributed by atoms with Gasteiger partial charge in [0.25, 0.3) is 0 Å². The van der Waals surface area contributed by atoms with Crippen molar-refractivity contribution >= 4 is 21.5 Å². The van der Waals surface area contributed by atoms with Crippen LogP contribution in [-0.2, 0) is 5.41 Å². The van der Waals surface area contributed by atoms with Crippen LogP contribution in [0.1, 0.15) is 22.3 Å². The van der Waals surface area contributed by atoms with Crippen LogP contribution in [0, 0.1) is 0 Å². The fraction of sp³-hybridized carbons (Fsp3) is 0.0167. The highest BCUT2D eigenvalue weighted by molar-refractivity contribution is 6.01. The van der Waals surface area contributed by atoms with Crippen LogP contribution in [-0.4, -0.2) is 15.0 Å². The monoisotopic (exact) mass is 799 g/mol. The molecule has 0 saturated carbocycles. The second-order valence-corrected chi connectivity index (χ2v) is 16.6. The Balaban J connectivity index is 0.959. The van der Waals surface area contributed by atoms with Gasteiger partial charge >= 0.3 is 0 Å². The standard InChI is InChI=1S/C60H37N3/c1-3-24-44-38(16-1)18-13-30-49(44)58-61-57(62-59(63-58)50-31-14-19-39-17-2-4-25-45(39)50)43-23-12-21-41(37-43)40-20-11-22-42(36-40)46-29-15-35-55-56(46)51-28-7-10-34-54(51)60(55)52-32-8-5-26-47(52)48-27-6-9-33-53(48)60/h1-37H. The molecule has 2 aliphatic carbocycles. The molecule has 13 rings (SSSR count). The molecular formula is C60H37N3. The van der Waals surface area contributed by atoms with E-state index >= 15 is 0 Å². The number of fused-ring (bicyclic) bond motifs is 12. The van der Waals surface area contributed by atoms with E-state index in [2.05, 4.69) is 224 Å². The van der Waals surface area contributed by atoms with Gasteiger partial charge in [0.2, 0.25) is 0 Å². The lowest BCUT2D eigenvalue weighted by molar-refractivity contribution is 0.794. The van der Waals surface area contributed by atoms with Gasteiger partial charge in [-0.1, -0.05) is 212 Å². The van der Waals surface area contributed by atoms with E-state index in [1.807, 2.05) is 0 Å². The summed E-state index contributed by atoms with van der Waals surface area (Å²) in [6.45, 7) is 0. The van der Waals surface area contributed by atoms with E-state index in [-0.39, 0.29) is 5.41 Å². The van der Waals surface area contributed by atoms with Gasteiger partial charge in [0.05, 0.1) is 5.41 Å². The zero-order valence-electron chi connectivity index (χ0n) is 34.2. The van der Waals surface area contributed by atoms with Crippen molar-refractivity contribution in [2.45, 2.75) is 5.41 Å². The average molecular weight is 800 g/mol. The van der Waals surface area contributed by atoms with Gasteiger partial charge in [-0.05, 0) is 100 Å². The minimum Gasteiger partial charge on any atom is -0.208 e. The van der Waals surface area contributed by atoms with Gasteiger partial charge in [-0.15, -0.1) is 0 Å². The van der Waals surface area contributed by atoms with Crippen molar-refractivity contribution in [3.63, 3.8) is 0 Å². The zero-order valence-corrected chi connectivity index (χ0v) is 34.2. The summed E-state index contributed by atoms with van der Waals surface area (Å²) in [5, 5.41) is 4.50. The van der Waals surface area contributed by atoms with E-state index in [4.69, 9.17) is 15.0 Å². The predicted molar refractivity (Wildman–Crippen MR) is 258 cm³/mol. The van der Waals surface area contributed by atoms with Crippen LogP contribution in [0.3, 0.4) is 0 Å². The third kappa shape index (κ3) is 5.30. The summed E-state index contributed by atoms with van der Waals surface area (Å²) in [5.74, 6) is 1.93. The van der Waals surface area contributed by atoms with Crippen LogP contribution < -0.4 is 0 Å². The molecule has 0 unspecified atom stereocenters. The van der Waals surface area contributed by atoms with E-state index < -0.39 is 0 Å². The normalized spacial score (nSPS) is 12.9. The van der Waals surface area contributed by atoms with Crippen molar-refractivity contribution in [2.75, 3.05) is 0 Å². The van der Waals surface area contributed by atoms with Crippen molar-refractivity contribution in [3.05, 3.63) is 247 Å². The van der Waals surface area contributed by atoms with Crippen LogP contribution in [0.2, 0.25) is 0 Å². The Morgan fingerprint density at radius 3 is 1.25 bits per heavy atom. The second kappa shape index (κ2) is 13.9. The summed E-state index contributed by atoms with van der Waals surface area (Å²) in [6, 6.07) is 81.1. The van der Waals surface area contributed by atoms with Gasteiger partial charge in [-0.2, -0.15) is 0 Å². The van der Waals surface area contributed by atoms with Crippen molar-refractivity contribution in [3.8, 4) is 78.7 Å². The lowest BCUT2D eigenvalue weighted by Crippen LogP contribution is -2.25. The number of benzene rings is 10. The first kappa shape index (κ1) is 35.5. The van der Waals surface area contributed by atoms with Crippen LogP contribution in [0.5, 0.6) is 0 Å².